The van der Waals surface area contributed by atoms with Gasteiger partial charge in [0.15, 0.2) is 18.7 Å². The second kappa shape index (κ2) is 26.1. The van der Waals surface area contributed by atoms with Gasteiger partial charge in [0.05, 0.1) is 56.7 Å². The van der Waals surface area contributed by atoms with E-state index in [4.69, 9.17) is 34.1 Å². The molecule has 7 rings (SSSR count). The minimum absolute atomic E-state index is 0.00306. The molecule has 0 bridgehead atoms. The number of carbonyl (C=O) groups excluding carboxylic acids is 7. The van der Waals surface area contributed by atoms with E-state index in [0.29, 0.717) is 83.0 Å². The van der Waals surface area contributed by atoms with Crippen LogP contribution in [-0.2, 0) is 67.6 Å². The number of amides is 7. The first kappa shape index (κ1) is 51.7. The summed E-state index contributed by atoms with van der Waals surface area (Å²) in [6.45, 7) is 23.2. The summed E-state index contributed by atoms with van der Waals surface area (Å²) in [7, 11) is 0. The highest BCUT2D eigenvalue weighted by Gasteiger charge is 2.51. The molecule has 64 heavy (non-hydrogen) atoms. The molecule has 1 saturated carbocycles. The van der Waals surface area contributed by atoms with E-state index >= 15 is 0 Å². The molecule has 3 aliphatic carbocycles. The molecule has 0 radical (unpaired) electrons. The molecule has 3 saturated heterocycles. The van der Waals surface area contributed by atoms with Crippen LogP contribution in [0.2, 0.25) is 0 Å². The van der Waals surface area contributed by atoms with Gasteiger partial charge in [0.2, 0.25) is 29.5 Å². The molecule has 0 spiro atoms. The number of allylic oxidation sites excluding steroid dienone is 2. The lowest BCUT2D eigenvalue weighted by atomic mass is 9.81. The minimum atomic E-state index is -0.851. The topological polar surface area (TPSA) is 197 Å². The van der Waals surface area contributed by atoms with Crippen LogP contribution in [0.4, 0.5) is 0 Å². The Bertz CT molecular complexity index is 1670. The Balaban J connectivity index is 0.000000191. The summed E-state index contributed by atoms with van der Waals surface area (Å²) >= 11 is 0. The van der Waals surface area contributed by atoms with Crippen LogP contribution in [0.25, 0.3) is 0 Å². The maximum absolute atomic E-state index is 12.2. The van der Waals surface area contributed by atoms with Crippen molar-refractivity contribution in [1.29, 1.82) is 0 Å². The first-order valence-corrected chi connectivity index (χ1v) is 22.2. The first-order valence-electron chi connectivity index (χ1n) is 22.2. The van der Waals surface area contributed by atoms with Gasteiger partial charge in [0.25, 0.3) is 11.8 Å². The van der Waals surface area contributed by atoms with Crippen molar-refractivity contribution in [2.24, 2.45) is 23.7 Å². The highest BCUT2D eigenvalue weighted by atomic mass is 17.2. The number of imide groups is 3. The fourth-order valence-corrected chi connectivity index (χ4v) is 8.40. The summed E-state index contributed by atoms with van der Waals surface area (Å²) in [5, 5.41) is 0. The predicted molar refractivity (Wildman–Crippen MR) is 230 cm³/mol. The molecule has 0 aromatic heterocycles. The van der Waals surface area contributed by atoms with E-state index in [1.807, 2.05) is 12.2 Å². The average Bonchev–Trinajstić information content (AvgIpc) is 3.85. The number of rotatable bonds is 16. The Labute approximate surface area is 375 Å². The highest BCUT2D eigenvalue weighted by molar-refractivity contribution is 6.19. The molecular weight excluding hydrogens is 833 g/mol. The van der Waals surface area contributed by atoms with E-state index in [1.54, 1.807) is 25.7 Å². The monoisotopic (exact) mass is 896 g/mol. The molecule has 4 heterocycles. The SMILES string of the molecule is C=CC(=O)N1CCOCC1.C=CC(OOCC)N1C(=O)C2=C(CCCC2)C1=O.C=CC(OOCC)N1C(=O)C2CC=CCC2C1=O.C=CC(OOCC)N1C(=O)C2CCCCC2C1=O. The predicted octanol–water partition coefficient (Wildman–Crippen LogP) is 4.80. The number of likely N-dealkylation sites (tertiary alicyclic amines) is 2. The Morgan fingerprint density at radius 3 is 1.34 bits per heavy atom. The molecule has 18 heteroatoms. The molecule has 7 atom stereocenters. The van der Waals surface area contributed by atoms with Gasteiger partial charge in [-0.2, -0.15) is 0 Å². The van der Waals surface area contributed by atoms with Gasteiger partial charge in [-0.1, -0.05) is 51.3 Å². The molecule has 4 fully saturated rings. The zero-order valence-electron chi connectivity index (χ0n) is 37.4. The molecule has 7 amide bonds. The van der Waals surface area contributed by atoms with E-state index in [0.717, 1.165) is 48.3 Å². The van der Waals surface area contributed by atoms with Crippen molar-refractivity contribution in [1.82, 2.24) is 19.6 Å². The maximum atomic E-state index is 12.2. The van der Waals surface area contributed by atoms with Crippen molar-refractivity contribution in [3.05, 3.63) is 73.9 Å². The lowest BCUT2D eigenvalue weighted by Gasteiger charge is -2.25. The standard InChI is InChI=1S/C13H19NO4.2C13H17NO4.C7H11NO2/c3*1-3-11(18-17-4-2)14-12(15)9-7-5-6-8-10(9)13(14)16;1-2-7(9)8-3-5-10-6-4-8/h3,9-11H,1,4-8H2,2H3;3,11H,1,4-8H2,2H3;3,5-6,9-11H,1,4,7-8H2,2H3;2H,1,3-6H2. The molecule has 352 valence electrons. The van der Waals surface area contributed by atoms with Crippen LogP contribution in [0.15, 0.2) is 73.9 Å². The van der Waals surface area contributed by atoms with Gasteiger partial charge in [-0.15, -0.1) is 0 Å². The minimum Gasteiger partial charge on any atom is -0.378 e. The third kappa shape index (κ3) is 12.4. The molecule has 7 aliphatic rings. The van der Waals surface area contributed by atoms with E-state index in [-0.39, 0.29) is 65.0 Å². The summed E-state index contributed by atoms with van der Waals surface area (Å²) in [4.78, 5) is 119. The zero-order chi connectivity index (χ0) is 46.8. The van der Waals surface area contributed by atoms with Gasteiger partial charge in [-0.3, -0.25) is 33.6 Å². The van der Waals surface area contributed by atoms with Crippen molar-refractivity contribution >= 4 is 41.4 Å². The van der Waals surface area contributed by atoms with Crippen molar-refractivity contribution in [3.63, 3.8) is 0 Å². The Morgan fingerprint density at radius 2 is 0.984 bits per heavy atom. The smallest absolute Gasteiger partial charge is 0.259 e. The van der Waals surface area contributed by atoms with Gasteiger partial charge in [0.1, 0.15) is 0 Å². The van der Waals surface area contributed by atoms with Gasteiger partial charge >= 0.3 is 0 Å². The van der Waals surface area contributed by atoms with Crippen LogP contribution >= 0.6 is 0 Å². The Kier molecular flexibility index (Phi) is 21.1. The summed E-state index contributed by atoms with van der Waals surface area (Å²) in [5.74, 6) is -2.05. The summed E-state index contributed by atoms with van der Waals surface area (Å²) < 4.78 is 5.07. The Hall–Kier alpha value is -4.95. The second-order valence-electron chi connectivity index (χ2n) is 15.4. The summed E-state index contributed by atoms with van der Waals surface area (Å²) in [5.41, 5.74) is 1.27. The molecule has 0 aromatic rings. The number of morpholine rings is 1. The van der Waals surface area contributed by atoms with Crippen LogP contribution in [0.5, 0.6) is 0 Å². The van der Waals surface area contributed by atoms with Crippen molar-refractivity contribution in [3.8, 4) is 0 Å². The zero-order valence-corrected chi connectivity index (χ0v) is 37.4. The van der Waals surface area contributed by atoms with Crippen LogP contribution < -0.4 is 0 Å². The molecule has 4 aliphatic heterocycles. The summed E-state index contributed by atoms with van der Waals surface area (Å²) in [6.07, 6.45) is 15.1. The normalized spacial score (nSPS) is 25.1. The molecule has 7 unspecified atom stereocenters. The fourth-order valence-electron chi connectivity index (χ4n) is 8.40. The van der Waals surface area contributed by atoms with E-state index in [2.05, 4.69) is 26.3 Å². The number of hydrogen-bond acceptors (Lipinski definition) is 14. The van der Waals surface area contributed by atoms with Crippen LogP contribution in [0.3, 0.4) is 0 Å². The quantitative estimate of drug-likeness (QED) is 0.0674. The van der Waals surface area contributed by atoms with Gasteiger partial charge < -0.3 is 9.64 Å². The third-order valence-electron chi connectivity index (χ3n) is 11.6. The lowest BCUT2D eigenvalue weighted by molar-refractivity contribution is -0.329. The van der Waals surface area contributed by atoms with Crippen molar-refractivity contribution < 1.29 is 67.6 Å². The Morgan fingerprint density at radius 1 is 0.609 bits per heavy atom. The lowest BCUT2D eigenvalue weighted by Crippen LogP contribution is -2.41. The fraction of sp³-hybridized carbons (Fsp3) is 0.587. The summed E-state index contributed by atoms with van der Waals surface area (Å²) in [6, 6.07) is 0. The van der Waals surface area contributed by atoms with Crippen LogP contribution in [0, 0.1) is 23.7 Å². The second-order valence-corrected chi connectivity index (χ2v) is 15.4. The van der Waals surface area contributed by atoms with Gasteiger partial charge in [-0.05, 0) is 96.4 Å². The highest BCUT2D eigenvalue weighted by Crippen LogP contribution is 2.40. The average molecular weight is 897 g/mol. The molecule has 0 aromatic carbocycles. The van der Waals surface area contributed by atoms with Crippen LogP contribution in [-0.4, -0.2) is 126 Å². The third-order valence-corrected chi connectivity index (χ3v) is 11.6. The van der Waals surface area contributed by atoms with Crippen LogP contribution in [0.1, 0.15) is 85.0 Å². The number of ether oxygens (including phenoxy) is 1. The first-order chi connectivity index (χ1) is 30.9. The maximum Gasteiger partial charge on any atom is 0.259 e. The van der Waals surface area contributed by atoms with Crippen molar-refractivity contribution in [2.45, 2.75) is 104 Å². The van der Waals surface area contributed by atoms with Gasteiger partial charge in [0, 0.05) is 24.2 Å². The van der Waals surface area contributed by atoms with E-state index in [1.165, 1.54) is 29.2 Å². The number of nitrogens with zero attached hydrogens (tertiary/aromatic N) is 4. The molecular formula is C46H64N4O14. The van der Waals surface area contributed by atoms with E-state index in [9.17, 15) is 33.6 Å². The number of fused-ring (bicyclic) bond motifs is 2. The van der Waals surface area contributed by atoms with E-state index < -0.39 is 18.7 Å². The largest absolute Gasteiger partial charge is 0.378 e. The number of hydrogen-bond donors (Lipinski definition) is 0. The van der Waals surface area contributed by atoms with Gasteiger partial charge in [-0.25, -0.2) is 44.0 Å². The number of carbonyl (C=O) groups is 7. The molecule has 0 N–H and O–H groups in total. The molecule has 18 nitrogen and oxygen atoms in total. The van der Waals surface area contributed by atoms with Crippen molar-refractivity contribution in [2.75, 3.05) is 46.1 Å².